The quantitative estimate of drug-likeness (QED) is 0.562. The summed E-state index contributed by atoms with van der Waals surface area (Å²) in [6, 6.07) is 23.6. The fraction of sp³-hybridized carbons (Fsp3) is 0.192. The molecule has 152 valence electrons. The Balaban J connectivity index is 1.73. The van der Waals surface area contributed by atoms with E-state index in [4.69, 9.17) is 9.47 Å². The number of hydrogen-bond donors (Lipinski definition) is 0. The van der Waals surface area contributed by atoms with Gasteiger partial charge in [0.05, 0.1) is 20.8 Å². The Kier molecular flexibility index (Phi) is 5.84. The van der Waals surface area contributed by atoms with Gasteiger partial charge in [0, 0.05) is 11.3 Å². The van der Waals surface area contributed by atoms with Gasteiger partial charge in [-0.15, -0.1) is 0 Å². The van der Waals surface area contributed by atoms with Gasteiger partial charge in [-0.1, -0.05) is 48.5 Å². The Morgan fingerprint density at radius 1 is 0.867 bits per heavy atom. The van der Waals surface area contributed by atoms with Gasteiger partial charge in [0.15, 0.2) is 11.5 Å². The first kappa shape index (κ1) is 19.8. The highest BCUT2D eigenvalue weighted by Gasteiger charge is 2.24. The Hall–Kier alpha value is -3.53. The lowest BCUT2D eigenvalue weighted by molar-refractivity contribution is 0.0792. The molecule has 0 saturated heterocycles. The van der Waals surface area contributed by atoms with E-state index in [1.54, 1.807) is 14.2 Å². The number of hydrogen-bond acceptors (Lipinski definition) is 3. The van der Waals surface area contributed by atoms with E-state index in [-0.39, 0.29) is 5.91 Å². The lowest BCUT2D eigenvalue weighted by Gasteiger charge is -2.29. The van der Waals surface area contributed by atoms with E-state index in [0.717, 1.165) is 35.4 Å². The van der Waals surface area contributed by atoms with E-state index < -0.39 is 0 Å². The number of ether oxygens (including phenoxy) is 2. The van der Waals surface area contributed by atoms with Crippen LogP contribution in [0.5, 0.6) is 11.5 Å². The van der Waals surface area contributed by atoms with Gasteiger partial charge in [-0.2, -0.15) is 0 Å². The van der Waals surface area contributed by atoms with Gasteiger partial charge in [-0.3, -0.25) is 4.79 Å². The van der Waals surface area contributed by atoms with Crippen LogP contribution in [0.4, 0.5) is 0 Å². The molecule has 0 N–H and O–H groups in total. The second-order valence-corrected chi connectivity index (χ2v) is 7.28. The zero-order chi connectivity index (χ0) is 20.9. The maximum Gasteiger partial charge on any atom is 0.258 e. The molecule has 0 aromatic heterocycles. The minimum Gasteiger partial charge on any atom is -0.493 e. The van der Waals surface area contributed by atoms with E-state index in [0.29, 0.717) is 17.9 Å². The third-order valence-corrected chi connectivity index (χ3v) is 5.41. The molecule has 0 fully saturated rings. The normalized spacial score (nSPS) is 12.5. The Bertz CT molecular complexity index is 1060. The number of rotatable bonds is 6. The minimum atomic E-state index is 0.00892. The number of carbonyl (C=O) groups excluding carboxylic acids is 1. The van der Waals surface area contributed by atoms with Crippen molar-refractivity contribution in [2.24, 2.45) is 0 Å². The molecule has 4 nitrogen and oxygen atoms in total. The van der Waals surface area contributed by atoms with Crippen LogP contribution in [-0.4, -0.2) is 25.0 Å². The van der Waals surface area contributed by atoms with Crippen LogP contribution >= 0.6 is 0 Å². The monoisotopic (exact) mass is 399 g/mol. The standard InChI is InChI=1S/C26H25NO3/c1-29-24-16-21-13-14-23(15-22(21)17-25(24)30-2)27(18-19-9-5-3-6-10-19)26(28)20-11-7-4-8-12-20/h3-12,15-17H,13-14,18H2,1-2H3. The van der Waals surface area contributed by atoms with Crippen LogP contribution in [0, 0.1) is 0 Å². The van der Waals surface area contributed by atoms with Crippen molar-refractivity contribution in [2.75, 3.05) is 14.2 Å². The van der Waals surface area contributed by atoms with E-state index in [1.165, 1.54) is 5.56 Å². The van der Waals surface area contributed by atoms with E-state index in [2.05, 4.69) is 18.2 Å². The number of methoxy groups -OCH3 is 2. The van der Waals surface area contributed by atoms with Crippen molar-refractivity contribution in [3.63, 3.8) is 0 Å². The van der Waals surface area contributed by atoms with Gasteiger partial charge in [0.2, 0.25) is 0 Å². The van der Waals surface area contributed by atoms with Gasteiger partial charge in [-0.25, -0.2) is 0 Å². The average molecular weight is 399 g/mol. The second kappa shape index (κ2) is 8.87. The maximum atomic E-state index is 13.4. The van der Waals surface area contributed by atoms with Crippen LogP contribution in [0.3, 0.4) is 0 Å². The molecular weight excluding hydrogens is 374 g/mol. The minimum absolute atomic E-state index is 0.00892. The smallest absolute Gasteiger partial charge is 0.258 e. The molecule has 3 aromatic rings. The Labute approximate surface area is 177 Å². The van der Waals surface area contributed by atoms with Gasteiger partial charge in [-0.05, 0) is 59.9 Å². The zero-order valence-electron chi connectivity index (χ0n) is 17.3. The zero-order valence-corrected chi connectivity index (χ0v) is 17.3. The first-order valence-electron chi connectivity index (χ1n) is 10.1. The molecule has 0 atom stereocenters. The van der Waals surface area contributed by atoms with Gasteiger partial charge >= 0.3 is 0 Å². The van der Waals surface area contributed by atoms with Crippen LogP contribution < -0.4 is 9.47 Å². The van der Waals surface area contributed by atoms with Crippen molar-refractivity contribution in [2.45, 2.75) is 19.4 Å². The molecule has 0 saturated carbocycles. The summed E-state index contributed by atoms with van der Waals surface area (Å²) in [7, 11) is 3.28. The van der Waals surface area contributed by atoms with Crippen molar-refractivity contribution in [3.05, 3.63) is 101 Å². The summed E-state index contributed by atoms with van der Waals surface area (Å²) >= 11 is 0. The molecule has 0 aliphatic heterocycles. The molecule has 0 heterocycles. The lowest BCUT2D eigenvalue weighted by Crippen LogP contribution is -2.31. The number of allylic oxidation sites excluding steroid dienone is 1. The van der Waals surface area contributed by atoms with E-state index in [1.807, 2.05) is 65.6 Å². The number of carbonyl (C=O) groups is 1. The van der Waals surface area contributed by atoms with Crippen molar-refractivity contribution in [1.29, 1.82) is 0 Å². The number of benzene rings is 3. The van der Waals surface area contributed by atoms with Crippen molar-refractivity contribution in [3.8, 4) is 11.5 Å². The molecule has 4 heteroatoms. The molecule has 4 rings (SSSR count). The summed E-state index contributed by atoms with van der Waals surface area (Å²) in [5.74, 6) is 1.43. The fourth-order valence-electron chi connectivity index (χ4n) is 3.82. The molecule has 0 unspecified atom stereocenters. The van der Waals surface area contributed by atoms with Crippen molar-refractivity contribution in [1.82, 2.24) is 4.90 Å². The molecule has 1 amide bonds. The summed E-state index contributed by atoms with van der Waals surface area (Å²) in [6.45, 7) is 0.531. The predicted molar refractivity (Wildman–Crippen MR) is 119 cm³/mol. The fourth-order valence-corrected chi connectivity index (χ4v) is 3.82. The first-order valence-corrected chi connectivity index (χ1v) is 10.1. The topological polar surface area (TPSA) is 38.8 Å². The summed E-state index contributed by atoms with van der Waals surface area (Å²) in [5, 5.41) is 0. The summed E-state index contributed by atoms with van der Waals surface area (Å²) in [6.07, 6.45) is 3.73. The first-order chi connectivity index (χ1) is 14.7. The van der Waals surface area contributed by atoms with E-state index in [9.17, 15) is 4.79 Å². The third kappa shape index (κ3) is 4.08. The molecule has 3 aromatic carbocycles. The lowest BCUT2D eigenvalue weighted by atomic mass is 9.93. The highest BCUT2D eigenvalue weighted by atomic mass is 16.5. The molecule has 1 aliphatic carbocycles. The number of aryl methyl sites for hydroxylation is 1. The average Bonchev–Trinajstić information content (AvgIpc) is 2.82. The Morgan fingerprint density at radius 2 is 1.50 bits per heavy atom. The van der Waals surface area contributed by atoms with Crippen LogP contribution in [0.25, 0.3) is 6.08 Å². The third-order valence-electron chi connectivity index (χ3n) is 5.41. The van der Waals surface area contributed by atoms with Crippen molar-refractivity contribution < 1.29 is 14.3 Å². The SMILES string of the molecule is COc1cc2c(cc1OC)CCC(N(Cc1ccccc1)C(=O)c1ccccc1)=C2. The van der Waals surface area contributed by atoms with Crippen molar-refractivity contribution >= 4 is 12.0 Å². The highest BCUT2D eigenvalue weighted by Crippen LogP contribution is 2.36. The molecule has 0 spiro atoms. The highest BCUT2D eigenvalue weighted by molar-refractivity contribution is 5.96. The molecule has 1 aliphatic rings. The number of amides is 1. The predicted octanol–water partition coefficient (Wildman–Crippen LogP) is 5.33. The largest absolute Gasteiger partial charge is 0.493 e. The van der Waals surface area contributed by atoms with Gasteiger partial charge in [0.1, 0.15) is 0 Å². The van der Waals surface area contributed by atoms with Crippen LogP contribution in [-0.2, 0) is 13.0 Å². The summed E-state index contributed by atoms with van der Waals surface area (Å²) in [4.78, 5) is 15.3. The van der Waals surface area contributed by atoms with Crippen LogP contribution in [0.1, 0.15) is 33.5 Å². The van der Waals surface area contributed by atoms with E-state index >= 15 is 0 Å². The van der Waals surface area contributed by atoms with Gasteiger partial charge < -0.3 is 14.4 Å². The Morgan fingerprint density at radius 3 is 2.17 bits per heavy atom. The summed E-state index contributed by atoms with van der Waals surface area (Å²) in [5.41, 5.74) is 5.05. The number of fused-ring (bicyclic) bond motifs is 1. The molecule has 0 bridgehead atoms. The van der Waals surface area contributed by atoms with Gasteiger partial charge in [0.25, 0.3) is 5.91 Å². The number of nitrogens with zero attached hydrogens (tertiary/aromatic N) is 1. The van der Waals surface area contributed by atoms with Crippen LogP contribution in [0.15, 0.2) is 78.5 Å². The maximum absolute atomic E-state index is 13.4. The van der Waals surface area contributed by atoms with Crippen LogP contribution in [0.2, 0.25) is 0 Å². The second-order valence-electron chi connectivity index (χ2n) is 7.28. The molecular formula is C26H25NO3. The summed E-state index contributed by atoms with van der Waals surface area (Å²) < 4.78 is 10.9. The molecule has 0 radical (unpaired) electrons. The molecule has 30 heavy (non-hydrogen) atoms.